The lowest BCUT2D eigenvalue weighted by molar-refractivity contribution is 0.0564. The normalized spacial score (nSPS) is 20.4. The molecule has 0 N–H and O–H groups in total. The summed E-state index contributed by atoms with van der Waals surface area (Å²) in [5, 5.41) is 1.06. The van der Waals surface area contributed by atoms with E-state index in [-0.39, 0.29) is 29.1 Å². The highest BCUT2D eigenvalue weighted by Gasteiger charge is 2.37. The molecule has 2 aromatic heterocycles. The highest BCUT2D eigenvalue weighted by Crippen LogP contribution is 2.36. The minimum atomic E-state index is -0.143. The summed E-state index contributed by atoms with van der Waals surface area (Å²) in [5.74, 6) is 1.08. The Morgan fingerprint density at radius 1 is 1.03 bits per heavy atom. The minimum Gasteiger partial charge on any atom is -0.451 e. The first-order valence-electron chi connectivity index (χ1n) is 9.54. The van der Waals surface area contributed by atoms with E-state index in [2.05, 4.69) is 0 Å². The van der Waals surface area contributed by atoms with E-state index in [0.29, 0.717) is 41.0 Å². The van der Waals surface area contributed by atoms with Gasteiger partial charge in [-0.15, -0.1) is 0 Å². The average Bonchev–Trinajstić information content (AvgIpc) is 3.20. The highest BCUT2D eigenvalue weighted by molar-refractivity contribution is 6.35. The SMILES string of the molecule is O=C(c1ccc(-c2cc(Cl)ccc2Cl)o1)N1C[C@@H]2C[C@H](C1)c1cccc(=O)n1C2. The van der Waals surface area contributed by atoms with Gasteiger partial charge in [0.05, 0.1) is 5.02 Å². The maximum absolute atomic E-state index is 13.1. The summed E-state index contributed by atoms with van der Waals surface area (Å²) in [6.07, 6.45) is 0.995. The molecule has 2 atom stereocenters. The number of hydrogen-bond acceptors (Lipinski definition) is 3. The first-order valence-corrected chi connectivity index (χ1v) is 10.3. The third kappa shape index (κ3) is 3.28. The van der Waals surface area contributed by atoms with Crippen LogP contribution in [0.25, 0.3) is 11.3 Å². The van der Waals surface area contributed by atoms with Crippen LogP contribution in [-0.4, -0.2) is 28.5 Å². The van der Waals surface area contributed by atoms with Crippen LogP contribution in [0.15, 0.2) is 57.7 Å². The maximum atomic E-state index is 13.1. The van der Waals surface area contributed by atoms with Crippen LogP contribution in [0.4, 0.5) is 0 Å². The zero-order valence-electron chi connectivity index (χ0n) is 15.5. The molecule has 148 valence electrons. The van der Waals surface area contributed by atoms with Gasteiger partial charge in [0.1, 0.15) is 5.76 Å². The number of carbonyl (C=O) groups excluding carboxylic acids is 1. The first-order chi connectivity index (χ1) is 14.0. The molecule has 0 radical (unpaired) electrons. The second kappa shape index (κ2) is 7.08. The molecule has 2 aliphatic rings. The molecular formula is C22H18Cl2N2O3. The number of likely N-dealkylation sites (tertiary alicyclic amines) is 1. The van der Waals surface area contributed by atoms with Gasteiger partial charge in [0.2, 0.25) is 0 Å². The van der Waals surface area contributed by atoms with Crippen molar-refractivity contribution in [3.8, 4) is 11.3 Å². The topological polar surface area (TPSA) is 55.5 Å². The third-order valence-electron chi connectivity index (χ3n) is 5.78. The number of halogens is 2. The van der Waals surface area contributed by atoms with Gasteiger partial charge in [-0.05, 0) is 48.7 Å². The second-order valence-electron chi connectivity index (χ2n) is 7.70. The molecule has 7 heteroatoms. The lowest BCUT2D eigenvalue weighted by Gasteiger charge is -2.42. The molecule has 29 heavy (non-hydrogen) atoms. The van der Waals surface area contributed by atoms with E-state index in [4.69, 9.17) is 27.6 Å². The van der Waals surface area contributed by atoms with Crippen LogP contribution >= 0.6 is 23.2 Å². The summed E-state index contributed by atoms with van der Waals surface area (Å²) >= 11 is 12.3. The van der Waals surface area contributed by atoms with Crippen LogP contribution in [0, 0.1) is 5.92 Å². The molecule has 2 bridgehead atoms. The Morgan fingerprint density at radius 3 is 2.76 bits per heavy atom. The van der Waals surface area contributed by atoms with Gasteiger partial charge < -0.3 is 13.9 Å². The summed E-state index contributed by atoms with van der Waals surface area (Å²) in [6, 6.07) is 13.9. The van der Waals surface area contributed by atoms with Gasteiger partial charge in [0.25, 0.3) is 11.5 Å². The molecule has 1 aromatic carbocycles. The van der Waals surface area contributed by atoms with Crippen molar-refractivity contribution in [1.82, 2.24) is 9.47 Å². The fourth-order valence-corrected chi connectivity index (χ4v) is 4.88. The Morgan fingerprint density at radius 2 is 1.90 bits per heavy atom. The molecule has 1 fully saturated rings. The van der Waals surface area contributed by atoms with Gasteiger partial charge in [-0.2, -0.15) is 0 Å². The summed E-state index contributed by atoms with van der Waals surface area (Å²) in [5.41, 5.74) is 1.70. The molecule has 0 saturated carbocycles. The smallest absolute Gasteiger partial charge is 0.289 e. The average molecular weight is 429 g/mol. The van der Waals surface area contributed by atoms with Crippen molar-refractivity contribution in [3.05, 3.63) is 80.4 Å². The van der Waals surface area contributed by atoms with Gasteiger partial charge in [-0.1, -0.05) is 29.3 Å². The predicted molar refractivity (Wildman–Crippen MR) is 112 cm³/mol. The van der Waals surface area contributed by atoms with E-state index in [1.165, 1.54) is 0 Å². The van der Waals surface area contributed by atoms with Gasteiger partial charge in [0.15, 0.2) is 5.76 Å². The van der Waals surface area contributed by atoms with Crippen LogP contribution in [0.1, 0.15) is 28.6 Å². The Labute approximate surface area is 177 Å². The number of rotatable bonds is 2. The number of fused-ring (bicyclic) bond motifs is 4. The van der Waals surface area contributed by atoms with Crippen molar-refractivity contribution in [2.75, 3.05) is 13.1 Å². The second-order valence-corrected chi connectivity index (χ2v) is 8.54. The molecule has 1 saturated heterocycles. The minimum absolute atomic E-state index is 0.0334. The standard InChI is InChI=1S/C22H18Cl2N2O3/c23-15-4-5-17(24)16(9-15)19-6-7-20(29-19)22(28)25-10-13-8-14(12-25)18-2-1-3-21(27)26(18)11-13/h1-7,9,13-14H,8,10-12H2/t13-,14+/m0/s1. The molecule has 4 heterocycles. The molecule has 2 aliphatic heterocycles. The van der Waals surface area contributed by atoms with Crippen LogP contribution < -0.4 is 5.56 Å². The van der Waals surface area contributed by atoms with Crippen molar-refractivity contribution in [2.24, 2.45) is 5.92 Å². The summed E-state index contributed by atoms with van der Waals surface area (Å²) in [4.78, 5) is 27.1. The van der Waals surface area contributed by atoms with Gasteiger partial charge in [-0.3, -0.25) is 9.59 Å². The molecule has 5 nitrogen and oxygen atoms in total. The van der Waals surface area contributed by atoms with Crippen LogP contribution in [0.5, 0.6) is 0 Å². The number of aromatic nitrogens is 1. The third-order valence-corrected chi connectivity index (χ3v) is 6.34. The Hall–Kier alpha value is -2.50. The van der Waals surface area contributed by atoms with Gasteiger partial charge in [0, 0.05) is 47.9 Å². The molecule has 0 aliphatic carbocycles. The number of benzene rings is 1. The monoisotopic (exact) mass is 428 g/mol. The van der Waals surface area contributed by atoms with E-state index >= 15 is 0 Å². The summed E-state index contributed by atoms with van der Waals surface area (Å²) < 4.78 is 7.70. The molecule has 5 rings (SSSR count). The fraction of sp³-hybridized carbons (Fsp3) is 0.273. The Kier molecular flexibility index (Phi) is 4.52. The Balaban J connectivity index is 1.41. The molecular weight excluding hydrogens is 411 g/mol. The van der Waals surface area contributed by atoms with Crippen molar-refractivity contribution in [3.63, 3.8) is 0 Å². The van der Waals surface area contributed by atoms with E-state index in [0.717, 1.165) is 12.1 Å². The van der Waals surface area contributed by atoms with Gasteiger partial charge in [-0.25, -0.2) is 0 Å². The summed E-state index contributed by atoms with van der Waals surface area (Å²) in [6.45, 7) is 1.84. The van der Waals surface area contributed by atoms with Crippen LogP contribution in [0.3, 0.4) is 0 Å². The largest absolute Gasteiger partial charge is 0.451 e. The lowest BCUT2D eigenvalue weighted by Crippen LogP contribution is -2.49. The number of piperidine rings is 1. The number of furan rings is 1. The van der Waals surface area contributed by atoms with Crippen molar-refractivity contribution in [2.45, 2.75) is 18.9 Å². The summed E-state index contributed by atoms with van der Waals surface area (Å²) in [7, 11) is 0. The van der Waals surface area contributed by atoms with Gasteiger partial charge >= 0.3 is 0 Å². The van der Waals surface area contributed by atoms with Crippen LogP contribution in [0.2, 0.25) is 10.0 Å². The number of amides is 1. The maximum Gasteiger partial charge on any atom is 0.289 e. The number of pyridine rings is 1. The van der Waals surface area contributed by atoms with E-state index in [1.807, 2.05) is 15.5 Å². The molecule has 0 spiro atoms. The number of hydrogen-bond donors (Lipinski definition) is 0. The Bertz CT molecular complexity index is 1170. The van der Waals surface area contributed by atoms with E-state index < -0.39 is 0 Å². The van der Waals surface area contributed by atoms with Crippen molar-refractivity contribution in [1.29, 1.82) is 0 Å². The van der Waals surface area contributed by atoms with Crippen molar-refractivity contribution < 1.29 is 9.21 Å². The lowest BCUT2D eigenvalue weighted by atomic mass is 9.83. The zero-order chi connectivity index (χ0) is 20.1. The van der Waals surface area contributed by atoms with E-state index in [9.17, 15) is 9.59 Å². The quantitative estimate of drug-likeness (QED) is 0.595. The molecule has 3 aromatic rings. The molecule has 1 amide bonds. The highest BCUT2D eigenvalue weighted by atomic mass is 35.5. The first kappa shape index (κ1) is 18.5. The number of nitrogens with zero attached hydrogens (tertiary/aromatic N) is 2. The molecule has 0 unspecified atom stereocenters. The van der Waals surface area contributed by atoms with Crippen molar-refractivity contribution >= 4 is 29.1 Å². The van der Waals surface area contributed by atoms with Crippen LogP contribution in [-0.2, 0) is 6.54 Å². The zero-order valence-corrected chi connectivity index (χ0v) is 17.0. The van der Waals surface area contributed by atoms with E-state index in [1.54, 1.807) is 42.5 Å². The number of carbonyl (C=O) groups is 1. The predicted octanol–water partition coefficient (Wildman–Crippen LogP) is 4.67. The fourth-order valence-electron chi connectivity index (χ4n) is 4.50.